The van der Waals surface area contributed by atoms with Crippen LogP contribution in [0.5, 0.6) is 5.75 Å². The van der Waals surface area contributed by atoms with Crippen molar-refractivity contribution in [1.29, 1.82) is 0 Å². The number of nitrogens with zero attached hydrogens (tertiary/aromatic N) is 2. The minimum absolute atomic E-state index is 0.319. The van der Waals surface area contributed by atoms with Gasteiger partial charge in [0.2, 0.25) is 0 Å². The monoisotopic (exact) mass is 379 g/mol. The van der Waals surface area contributed by atoms with Gasteiger partial charge in [0.05, 0.1) is 12.8 Å². The van der Waals surface area contributed by atoms with Gasteiger partial charge in [-0.1, -0.05) is 49.4 Å². The molecule has 6 heteroatoms. The van der Waals surface area contributed by atoms with Gasteiger partial charge >= 0.3 is 0 Å². The third-order valence-corrected chi connectivity index (χ3v) is 4.76. The van der Waals surface area contributed by atoms with Gasteiger partial charge in [-0.2, -0.15) is 5.10 Å². The van der Waals surface area contributed by atoms with E-state index in [1.54, 1.807) is 6.21 Å². The Balaban J connectivity index is 1.66. The lowest BCUT2D eigenvalue weighted by atomic mass is 10.2. The maximum absolute atomic E-state index is 12.4. The van der Waals surface area contributed by atoms with Gasteiger partial charge in [0.1, 0.15) is 16.5 Å². The molecule has 3 rings (SSSR count). The largest absolute Gasteiger partial charge is 0.494 e. The Labute approximate surface area is 162 Å². The zero-order valence-electron chi connectivity index (χ0n) is 15.3. The highest BCUT2D eigenvalue weighted by Crippen LogP contribution is 2.27. The molecule has 2 aromatic carbocycles. The van der Waals surface area contributed by atoms with Gasteiger partial charge in [-0.25, -0.2) is 10.4 Å². The molecule has 1 aromatic heterocycles. The second-order valence-electron chi connectivity index (χ2n) is 5.91. The van der Waals surface area contributed by atoms with Crippen LogP contribution in [0.2, 0.25) is 0 Å². The number of hydrazone groups is 1. The van der Waals surface area contributed by atoms with Gasteiger partial charge in [0.25, 0.3) is 5.91 Å². The maximum Gasteiger partial charge on any atom is 0.291 e. The number of thiazole rings is 1. The van der Waals surface area contributed by atoms with Gasteiger partial charge in [-0.3, -0.25) is 4.79 Å². The summed E-state index contributed by atoms with van der Waals surface area (Å²) < 4.78 is 5.60. The van der Waals surface area contributed by atoms with Crippen LogP contribution in [0.25, 0.3) is 10.6 Å². The SMILES string of the molecule is CCCOc1cccc(/C=N\NC(=O)c2nc(-c3ccccc3)sc2C)c1. The van der Waals surface area contributed by atoms with E-state index >= 15 is 0 Å². The summed E-state index contributed by atoms with van der Waals surface area (Å²) in [6.45, 7) is 4.62. The van der Waals surface area contributed by atoms with E-state index in [1.165, 1.54) is 11.3 Å². The minimum atomic E-state index is -0.319. The fraction of sp³-hybridized carbons (Fsp3) is 0.190. The van der Waals surface area contributed by atoms with E-state index in [9.17, 15) is 4.79 Å². The van der Waals surface area contributed by atoms with Crippen LogP contribution in [0.15, 0.2) is 59.7 Å². The van der Waals surface area contributed by atoms with Crippen molar-refractivity contribution in [3.05, 3.63) is 70.7 Å². The van der Waals surface area contributed by atoms with E-state index in [4.69, 9.17) is 4.74 Å². The Morgan fingerprint density at radius 1 is 1.22 bits per heavy atom. The predicted octanol–water partition coefficient (Wildman–Crippen LogP) is 4.67. The molecule has 1 amide bonds. The molecule has 0 aliphatic rings. The van der Waals surface area contributed by atoms with Crippen molar-refractivity contribution in [2.24, 2.45) is 5.10 Å². The first-order valence-corrected chi connectivity index (χ1v) is 9.58. The van der Waals surface area contributed by atoms with Crippen molar-refractivity contribution < 1.29 is 9.53 Å². The number of benzene rings is 2. The first-order valence-electron chi connectivity index (χ1n) is 8.76. The number of carbonyl (C=O) groups is 1. The van der Waals surface area contributed by atoms with Gasteiger partial charge in [-0.05, 0) is 31.0 Å². The summed E-state index contributed by atoms with van der Waals surface area (Å²) in [5.74, 6) is 0.468. The van der Waals surface area contributed by atoms with Crippen molar-refractivity contribution in [3.63, 3.8) is 0 Å². The zero-order valence-corrected chi connectivity index (χ0v) is 16.1. The smallest absolute Gasteiger partial charge is 0.291 e. The Kier molecular flexibility index (Phi) is 6.33. The second kappa shape index (κ2) is 9.09. The third-order valence-electron chi connectivity index (χ3n) is 3.74. The number of hydrogen-bond donors (Lipinski definition) is 1. The fourth-order valence-electron chi connectivity index (χ4n) is 2.43. The number of hydrogen-bond acceptors (Lipinski definition) is 5. The molecule has 0 fully saturated rings. The molecule has 0 atom stereocenters. The molecule has 5 nitrogen and oxygen atoms in total. The Hall–Kier alpha value is -2.99. The average Bonchev–Trinajstić information content (AvgIpc) is 3.09. The molecule has 1 heterocycles. The number of ether oxygens (including phenoxy) is 1. The van der Waals surface area contributed by atoms with Gasteiger partial charge < -0.3 is 4.74 Å². The lowest BCUT2D eigenvalue weighted by Crippen LogP contribution is -2.18. The van der Waals surface area contributed by atoms with Crippen LogP contribution in [0.4, 0.5) is 0 Å². The lowest BCUT2D eigenvalue weighted by Gasteiger charge is -2.04. The first kappa shape index (κ1) is 18.8. The standard InChI is InChI=1S/C21H21N3O2S/c1-3-12-26-18-11-7-8-16(13-18)14-22-24-20(25)19-15(2)27-21(23-19)17-9-5-4-6-10-17/h4-11,13-14H,3,12H2,1-2H3,(H,24,25)/b22-14-. The van der Waals surface area contributed by atoms with Crippen LogP contribution in [-0.4, -0.2) is 23.7 Å². The first-order chi connectivity index (χ1) is 13.2. The molecule has 1 N–H and O–H groups in total. The van der Waals surface area contributed by atoms with Crippen molar-refractivity contribution in [2.75, 3.05) is 6.61 Å². The summed E-state index contributed by atoms with van der Waals surface area (Å²) in [4.78, 5) is 17.7. The molecule has 0 radical (unpaired) electrons. The number of aryl methyl sites for hydroxylation is 1. The zero-order chi connectivity index (χ0) is 19.1. The van der Waals surface area contributed by atoms with Crippen LogP contribution in [0.1, 0.15) is 34.3 Å². The Morgan fingerprint density at radius 3 is 2.81 bits per heavy atom. The molecule has 0 unspecified atom stereocenters. The second-order valence-corrected chi connectivity index (χ2v) is 7.11. The van der Waals surface area contributed by atoms with Gasteiger partial charge in [0.15, 0.2) is 0 Å². The summed E-state index contributed by atoms with van der Waals surface area (Å²) in [5.41, 5.74) is 4.80. The summed E-state index contributed by atoms with van der Waals surface area (Å²) in [5, 5.41) is 4.87. The molecule has 0 bridgehead atoms. The van der Waals surface area contributed by atoms with E-state index in [0.717, 1.165) is 33.2 Å². The third kappa shape index (κ3) is 5.01. The van der Waals surface area contributed by atoms with Crippen LogP contribution in [-0.2, 0) is 0 Å². The number of aromatic nitrogens is 1. The normalized spacial score (nSPS) is 10.9. The molecule has 0 saturated carbocycles. The molecule has 27 heavy (non-hydrogen) atoms. The Morgan fingerprint density at radius 2 is 2.04 bits per heavy atom. The number of amides is 1. The quantitative estimate of drug-likeness (QED) is 0.479. The summed E-state index contributed by atoms with van der Waals surface area (Å²) in [7, 11) is 0. The number of nitrogens with one attached hydrogen (secondary N) is 1. The van der Waals surface area contributed by atoms with E-state index in [0.29, 0.717) is 12.3 Å². The molecule has 3 aromatic rings. The van der Waals surface area contributed by atoms with Gasteiger partial charge in [-0.15, -0.1) is 11.3 Å². The van der Waals surface area contributed by atoms with Crippen molar-refractivity contribution in [3.8, 4) is 16.3 Å². The predicted molar refractivity (Wildman–Crippen MR) is 110 cm³/mol. The summed E-state index contributed by atoms with van der Waals surface area (Å²) in [6.07, 6.45) is 2.54. The molecule has 138 valence electrons. The highest BCUT2D eigenvalue weighted by molar-refractivity contribution is 7.15. The lowest BCUT2D eigenvalue weighted by molar-refractivity contribution is 0.0950. The fourth-order valence-corrected chi connectivity index (χ4v) is 3.35. The van der Waals surface area contributed by atoms with Crippen molar-refractivity contribution in [2.45, 2.75) is 20.3 Å². The molecule has 0 spiro atoms. The van der Waals surface area contributed by atoms with Crippen molar-refractivity contribution in [1.82, 2.24) is 10.4 Å². The van der Waals surface area contributed by atoms with Crippen LogP contribution in [0.3, 0.4) is 0 Å². The highest BCUT2D eigenvalue weighted by Gasteiger charge is 2.15. The van der Waals surface area contributed by atoms with Gasteiger partial charge in [0, 0.05) is 10.4 Å². The van der Waals surface area contributed by atoms with Crippen LogP contribution >= 0.6 is 11.3 Å². The molecule has 0 saturated heterocycles. The molecule has 0 aliphatic heterocycles. The maximum atomic E-state index is 12.4. The topological polar surface area (TPSA) is 63.6 Å². The van der Waals surface area contributed by atoms with Crippen LogP contribution in [0, 0.1) is 6.92 Å². The Bertz CT molecular complexity index is 936. The number of rotatable bonds is 7. The summed E-state index contributed by atoms with van der Waals surface area (Å²) >= 11 is 1.49. The van der Waals surface area contributed by atoms with E-state index < -0.39 is 0 Å². The number of carbonyl (C=O) groups excluding carboxylic acids is 1. The van der Waals surface area contributed by atoms with Crippen LogP contribution < -0.4 is 10.2 Å². The summed E-state index contributed by atoms with van der Waals surface area (Å²) in [6, 6.07) is 17.4. The van der Waals surface area contributed by atoms with Crippen molar-refractivity contribution >= 4 is 23.5 Å². The highest BCUT2D eigenvalue weighted by atomic mass is 32.1. The van der Waals surface area contributed by atoms with E-state index in [2.05, 4.69) is 22.4 Å². The average molecular weight is 379 g/mol. The molecular formula is C21H21N3O2S. The molecule has 0 aliphatic carbocycles. The minimum Gasteiger partial charge on any atom is -0.494 e. The molecular weight excluding hydrogens is 358 g/mol. The van der Waals surface area contributed by atoms with E-state index in [1.807, 2.05) is 61.5 Å². The van der Waals surface area contributed by atoms with E-state index in [-0.39, 0.29) is 5.91 Å².